The van der Waals surface area contributed by atoms with Gasteiger partial charge in [-0.3, -0.25) is 0 Å². The number of hydrogen-bond acceptors (Lipinski definition) is 9. The summed E-state index contributed by atoms with van der Waals surface area (Å²) in [6.07, 6.45) is -4.61. The molecule has 0 aliphatic heterocycles. The van der Waals surface area contributed by atoms with Gasteiger partial charge in [0.15, 0.2) is 0 Å². The van der Waals surface area contributed by atoms with Crippen LogP contribution in [0.1, 0.15) is 98.0 Å². The first kappa shape index (κ1) is 40.4. The molecule has 0 bridgehead atoms. The van der Waals surface area contributed by atoms with Crippen LogP contribution in [0.25, 0.3) is 0 Å². The van der Waals surface area contributed by atoms with Crippen molar-refractivity contribution < 1.29 is 58.1 Å². The molecule has 0 radical (unpaired) electrons. The number of carbonyl (C=O) groups is 1. The van der Waals surface area contributed by atoms with E-state index >= 15 is 0 Å². The first-order chi connectivity index (χ1) is 23.7. The van der Waals surface area contributed by atoms with Crippen molar-refractivity contribution >= 4 is 5.97 Å². The van der Waals surface area contributed by atoms with Crippen molar-refractivity contribution in [3.8, 4) is 0 Å². The predicted molar refractivity (Wildman–Crippen MR) is 182 cm³/mol. The third-order valence-corrected chi connectivity index (χ3v) is 14.6. The highest BCUT2D eigenvalue weighted by Crippen LogP contribution is 2.69. The standard InChI is InChI=1S/C39H59F3O9/c1-7-23(36(5,48)21-51-33(47)38(50-6,39(40,41)42)24-11-9-8-10-12-24)14-13-22(2)29-31(45)32(46)30-26-19-28(44)37(49)20-25(43)15-18-35(37,4)27(26)16-17-34(29,30)3/h8-12,22-23,25-32,43-46,48-49H,7,13-21H2,1-6H3/t22-,23-,25+,26-,27+,28-,29+,30-,31-,32-,34-,35-,36+,37+,38-/m1/s1. The van der Waals surface area contributed by atoms with Gasteiger partial charge in [-0.05, 0) is 92.8 Å². The van der Waals surface area contributed by atoms with Crippen molar-refractivity contribution in [2.24, 2.45) is 46.3 Å². The minimum Gasteiger partial charge on any atom is -0.460 e. The number of esters is 1. The second kappa shape index (κ2) is 14.1. The minimum atomic E-state index is -5.14. The third kappa shape index (κ3) is 6.36. The normalized spacial score (nSPS) is 41.6. The van der Waals surface area contributed by atoms with Crippen LogP contribution in [0, 0.1) is 46.3 Å². The van der Waals surface area contributed by atoms with Gasteiger partial charge in [0.1, 0.15) is 6.61 Å². The molecule has 1 aromatic carbocycles. The van der Waals surface area contributed by atoms with Gasteiger partial charge in [-0.1, -0.05) is 64.4 Å². The van der Waals surface area contributed by atoms with Gasteiger partial charge >= 0.3 is 12.1 Å². The third-order valence-electron chi connectivity index (χ3n) is 14.6. The van der Waals surface area contributed by atoms with E-state index in [0.29, 0.717) is 38.5 Å². The summed E-state index contributed by atoms with van der Waals surface area (Å²) >= 11 is 0. The van der Waals surface area contributed by atoms with Crippen molar-refractivity contribution in [1.82, 2.24) is 0 Å². The summed E-state index contributed by atoms with van der Waals surface area (Å²) in [5, 5.41) is 68.4. The topological polar surface area (TPSA) is 157 Å². The van der Waals surface area contributed by atoms with E-state index < -0.39 is 82.3 Å². The van der Waals surface area contributed by atoms with Gasteiger partial charge in [0.2, 0.25) is 0 Å². The Hall–Kier alpha value is -1.80. The molecule has 4 aliphatic rings. The molecule has 5 rings (SSSR count). The zero-order valence-electron chi connectivity index (χ0n) is 30.8. The van der Waals surface area contributed by atoms with Crippen molar-refractivity contribution in [1.29, 1.82) is 0 Å². The van der Waals surface area contributed by atoms with E-state index in [4.69, 9.17) is 9.47 Å². The number of halogens is 3. The summed E-state index contributed by atoms with van der Waals surface area (Å²) in [6.45, 7) is 8.72. The highest BCUT2D eigenvalue weighted by molar-refractivity contribution is 5.82. The molecule has 4 aliphatic carbocycles. The molecule has 0 unspecified atom stereocenters. The molecule has 0 aromatic heterocycles. The summed E-state index contributed by atoms with van der Waals surface area (Å²) in [5.41, 5.74) is -8.02. The van der Waals surface area contributed by atoms with Crippen LogP contribution in [0.5, 0.6) is 0 Å². The molecule has 1 aromatic rings. The fourth-order valence-corrected chi connectivity index (χ4v) is 11.8. The second-order valence-corrected chi connectivity index (χ2v) is 17.2. The maximum Gasteiger partial charge on any atom is 0.432 e. The zero-order valence-corrected chi connectivity index (χ0v) is 30.8. The number of benzene rings is 1. The lowest BCUT2D eigenvalue weighted by atomic mass is 9.42. The highest BCUT2D eigenvalue weighted by atomic mass is 19.4. The van der Waals surface area contributed by atoms with Crippen LogP contribution in [0.4, 0.5) is 13.2 Å². The van der Waals surface area contributed by atoms with Crippen molar-refractivity contribution in [3.05, 3.63) is 35.9 Å². The average molecular weight is 729 g/mol. The summed E-state index contributed by atoms with van der Waals surface area (Å²) in [4.78, 5) is 13.2. The monoisotopic (exact) mass is 728 g/mol. The van der Waals surface area contributed by atoms with E-state index in [1.165, 1.54) is 25.1 Å². The minimum absolute atomic E-state index is 0.00532. The number of rotatable bonds is 11. The smallest absolute Gasteiger partial charge is 0.432 e. The molecule has 290 valence electrons. The van der Waals surface area contributed by atoms with Crippen LogP contribution in [-0.4, -0.2) is 92.1 Å². The lowest BCUT2D eigenvalue weighted by Crippen LogP contribution is -2.69. The molecule has 9 nitrogen and oxygen atoms in total. The van der Waals surface area contributed by atoms with Gasteiger partial charge in [-0.2, -0.15) is 13.2 Å². The van der Waals surface area contributed by atoms with E-state index in [1.807, 2.05) is 20.8 Å². The van der Waals surface area contributed by atoms with Crippen LogP contribution in [0.15, 0.2) is 30.3 Å². The van der Waals surface area contributed by atoms with Crippen LogP contribution in [-0.2, 0) is 19.9 Å². The largest absolute Gasteiger partial charge is 0.460 e. The number of carbonyl (C=O) groups excluding carboxylic acids is 1. The Morgan fingerprint density at radius 3 is 2.25 bits per heavy atom. The Kier molecular flexibility index (Phi) is 11.2. The fraction of sp³-hybridized carbons (Fsp3) is 0.821. The number of ether oxygens (including phenoxy) is 2. The van der Waals surface area contributed by atoms with E-state index in [2.05, 4.69) is 6.92 Å². The predicted octanol–water partition coefficient (Wildman–Crippen LogP) is 4.87. The molecule has 6 N–H and O–H groups in total. The van der Waals surface area contributed by atoms with Crippen LogP contribution < -0.4 is 0 Å². The molecule has 4 saturated carbocycles. The number of aliphatic hydroxyl groups excluding tert-OH is 4. The van der Waals surface area contributed by atoms with Crippen LogP contribution in [0.3, 0.4) is 0 Å². The molecular weight excluding hydrogens is 669 g/mol. The molecule has 51 heavy (non-hydrogen) atoms. The second-order valence-electron chi connectivity index (χ2n) is 17.2. The SMILES string of the molecule is CC[C@H](CC[C@@H](C)[C@H]1[C@@H](O)[C@H](O)[C@H]2[C@@H]3C[C@@H](O)[C@@]4(O)C[C@@H](O)CC[C@]4(C)[C@H]3CC[C@]12C)[C@@](C)(O)COC(=O)[C@](OC)(c1ccccc1)C(F)(F)F. The Morgan fingerprint density at radius 2 is 1.67 bits per heavy atom. The molecular formula is C39H59F3O9. The summed E-state index contributed by atoms with van der Waals surface area (Å²) in [6, 6.07) is 6.51. The Balaban J connectivity index is 1.29. The van der Waals surface area contributed by atoms with E-state index in [1.54, 1.807) is 0 Å². The number of hydrogen-bond donors (Lipinski definition) is 6. The van der Waals surface area contributed by atoms with Gasteiger partial charge in [-0.15, -0.1) is 0 Å². The maximum atomic E-state index is 14.4. The van der Waals surface area contributed by atoms with Gasteiger partial charge in [0, 0.05) is 24.5 Å². The number of fused-ring (bicyclic) bond motifs is 5. The Labute approximate surface area is 299 Å². The molecule has 0 amide bonds. The van der Waals surface area contributed by atoms with Gasteiger partial charge in [0.25, 0.3) is 5.60 Å². The molecule has 4 fully saturated rings. The quantitative estimate of drug-likeness (QED) is 0.175. The van der Waals surface area contributed by atoms with Gasteiger partial charge in [-0.25, -0.2) is 4.79 Å². The molecule has 0 saturated heterocycles. The summed E-state index contributed by atoms with van der Waals surface area (Å²) in [5.74, 6) is -3.01. The lowest BCUT2D eigenvalue weighted by Gasteiger charge is -2.65. The maximum absolute atomic E-state index is 14.4. The molecule has 0 spiro atoms. The summed E-state index contributed by atoms with van der Waals surface area (Å²) in [7, 11) is 0.791. The van der Waals surface area contributed by atoms with Gasteiger partial charge in [0.05, 0.1) is 35.6 Å². The molecule has 0 heterocycles. The van der Waals surface area contributed by atoms with Crippen LogP contribution >= 0.6 is 0 Å². The van der Waals surface area contributed by atoms with Crippen molar-refractivity contribution in [3.63, 3.8) is 0 Å². The first-order valence-corrected chi connectivity index (χ1v) is 18.7. The van der Waals surface area contributed by atoms with E-state index in [9.17, 15) is 48.6 Å². The highest BCUT2D eigenvalue weighted by Gasteiger charge is 2.70. The van der Waals surface area contributed by atoms with Crippen LogP contribution in [0.2, 0.25) is 0 Å². The van der Waals surface area contributed by atoms with Gasteiger partial charge < -0.3 is 40.1 Å². The van der Waals surface area contributed by atoms with Crippen molar-refractivity contribution in [2.75, 3.05) is 13.7 Å². The number of methoxy groups -OCH3 is 1. The Morgan fingerprint density at radius 1 is 1.02 bits per heavy atom. The zero-order chi connectivity index (χ0) is 37.9. The number of alkyl halides is 3. The number of aliphatic hydroxyl groups is 6. The molecule has 15 atom stereocenters. The Bertz CT molecular complexity index is 1380. The fourth-order valence-electron chi connectivity index (χ4n) is 11.8. The molecule has 12 heteroatoms. The summed E-state index contributed by atoms with van der Waals surface area (Å²) < 4.78 is 53.2. The van der Waals surface area contributed by atoms with E-state index in [0.717, 1.165) is 25.7 Å². The lowest BCUT2D eigenvalue weighted by molar-refractivity contribution is -0.278. The average Bonchev–Trinajstić information content (AvgIpc) is 3.26. The first-order valence-electron chi connectivity index (χ1n) is 18.7. The van der Waals surface area contributed by atoms with E-state index in [-0.39, 0.29) is 42.4 Å². The van der Waals surface area contributed by atoms with Crippen molar-refractivity contribution in [2.45, 2.75) is 140 Å².